The summed E-state index contributed by atoms with van der Waals surface area (Å²) in [4.78, 5) is 25.7. The van der Waals surface area contributed by atoms with Gasteiger partial charge in [0.15, 0.2) is 6.61 Å². The Kier molecular flexibility index (Phi) is 4.68. The van der Waals surface area contributed by atoms with Crippen molar-refractivity contribution in [2.45, 2.75) is 26.2 Å². The van der Waals surface area contributed by atoms with Crippen molar-refractivity contribution in [1.82, 2.24) is 0 Å². The fourth-order valence-corrected chi connectivity index (χ4v) is 3.97. The molecular formula is C17H16ClNO3S. The Morgan fingerprint density at radius 1 is 1.30 bits per heavy atom. The minimum Gasteiger partial charge on any atom is -0.451 e. The highest BCUT2D eigenvalue weighted by atomic mass is 35.5. The van der Waals surface area contributed by atoms with Gasteiger partial charge < -0.3 is 10.1 Å². The fraction of sp³-hybridized carbons (Fsp3) is 0.294. The number of carbonyl (C=O) groups excluding carboxylic acids is 2. The van der Waals surface area contributed by atoms with Crippen molar-refractivity contribution in [2.24, 2.45) is 0 Å². The molecule has 3 rings (SSSR count). The lowest BCUT2D eigenvalue weighted by Gasteiger charge is -2.08. The zero-order valence-electron chi connectivity index (χ0n) is 12.6. The van der Waals surface area contributed by atoms with Crippen LogP contribution in [0, 0.1) is 6.92 Å². The van der Waals surface area contributed by atoms with Crippen LogP contribution in [0.2, 0.25) is 5.02 Å². The second-order valence-corrected chi connectivity index (χ2v) is 7.06. The molecule has 1 amide bonds. The average Bonchev–Trinajstić information content (AvgIpc) is 3.09. The standard InChI is InChI=1S/C17H16ClNO3S/c1-10-5-6-13(12(18)7-10)19-16(20)9-22-17(21)15-8-11-3-2-4-14(11)23-15/h5-8H,2-4,9H2,1H3,(H,19,20). The van der Waals surface area contributed by atoms with Crippen LogP contribution in [0.25, 0.3) is 0 Å². The second kappa shape index (κ2) is 6.72. The van der Waals surface area contributed by atoms with Crippen LogP contribution in [0.15, 0.2) is 24.3 Å². The smallest absolute Gasteiger partial charge is 0.348 e. The van der Waals surface area contributed by atoms with Crippen molar-refractivity contribution >= 4 is 40.5 Å². The zero-order chi connectivity index (χ0) is 16.4. The Bertz CT molecular complexity index is 748. The van der Waals surface area contributed by atoms with E-state index in [1.165, 1.54) is 21.8 Å². The normalized spacial score (nSPS) is 12.8. The highest BCUT2D eigenvalue weighted by Gasteiger charge is 2.20. The van der Waals surface area contributed by atoms with E-state index in [0.717, 1.165) is 24.8 Å². The van der Waals surface area contributed by atoms with E-state index < -0.39 is 11.9 Å². The average molecular weight is 350 g/mol. The van der Waals surface area contributed by atoms with Crippen LogP contribution in [0.4, 0.5) is 5.69 Å². The Morgan fingerprint density at radius 3 is 2.87 bits per heavy atom. The summed E-state index contributed by atoms with van der Waals surface area (Å²) in [6.45, 7) is 1.59. The van der Waals surface area contributed by atoms with Gasteiger partial charge >= 0.3 is 5.97 Å². The van der Waals surface area contributed by atoms with Gasteiger partial charge in [-0.25, -0.2) is 4.79 Å². The number of fused-ring (bicyclic) bond motifs is 1. The van der Waals surface area contributed by atoms with E-state index in [2.05, 4.69) is 5.32 Å². The van der Waals surface area contributed by atoms with Crippen LogP contribution in [-0.2, 0) is 22.4 Å². The summed E-state index contributed by atoms with van der Waals surface area (Å²) in [6, 6.07) is 7.21. The van der Waals surface area contributed by atoms with E-state index >= 15 is 0 Å². The summed E-state index contributed by atoms with van der Waals surface area (Å²) < 4.78 is 5.08. The summed E-state index contributed by atoms with van der Waals surface area (Å²) in [5, 5.41) is 3.10. The monoisotopic (exact) mass is 349 g/mol. The van der Waals surface area contributed by atoms with Crippen LogP contribution < -0.4 is 5.32 Å². The highest BCUT2D eigenvalue weighted by Crippen LogP contribution is 2.31. The molecule has 1 aromatic heterocycles. The molecule has 23 heavy (non-hydrogen) atoms. The molecule has 0 atom stereocenters. The third kappa shape index (κ3) is 3.74. The Morgan fingerprint density at radius 2 is 2.13 bits per heavy atom. The molecule has 0 radical (unpaired) electrons. The summed E-state index contributed by atoms with van der Waals surface area (Å²) in [7, 11) is 0. The first-order valence-electron chi connectivity index (χ1n) is 7.37. The first-order valence-corrected chi connectivity index (χ1v) is 8.57. The number of carbonyl (C=O) groups is 2. The maximum atomic E-state index is 12.0. The number of rotatable bonds is 4. The molecule has 2 aromatic rings. The molecule has 1 heterocycles. The van der Waals surface area contributed by atoms with E-state index in [4.69, 9.17) is 16.3 Å². The van der Waals surface area contributed by atoms with Gasteiger partial charge in [-0.1, -0.05) is 17.7 Å². The lowest BCUT2D eigenvalue weighted by atomic mass is 10.2. The van der Waals surface area contributed by atoms with Crippen molar-refractivity contribution in [1.29, 1.82) is 0 Å². The maximum Gasteiger partial charge on any atom is 0.348 e. The second-order valence-electron chi connectivity index (χ2n) is 5.52. The number of benzene rings is 1. The first-order chi connectivity index (χ1) is 11.0. The van der Waals surface area contributed by atoms with Gasteiger partial charge in [0.05, 0.1) is 10.7 Å². The SMILES string of the molecule is Cc1ccc(NC(=O)COC(=O)c2cc3c(s2)CCC3)c(Cl)c1. The summed E-state index contributed by atoms with van der Waals surface area (Å²) in [5.74, 6) is -0.859. The van der Waals surface area contributed by atoms with Gasteiger partial charge in [-0.05, 0) is 55.5 Å². The highest BCUT2D eigenvalue weighted by molar-refractivity contribution is 7.14. The maximum absolute atomic E-state index is 12.0. The number of esters is 1. The van der Waals surface area contributed by atoms with Crippen LogP contribution in [0.5, 0.6) is 0 Å². The van der Waals surface area contributed by atoms with E-state index in [0.29, 0.717) is 15.6 Å². The number of hydrogen-bond acceptors (Lipinski definition) is 4. The summed E-state index contributed by atoms with van der Waals surface area (Å²) >= 11 is 7.52. The molecule has 6 heteroatoms. The molecule has 1 N–H and O–H groups in total. The van der Waals surface area contributed by atoms with Crippen LogP contribution in [0.1, 0.15) is 32.1 Å². The molecule has 0 saturated heterocycles. The van der Waals surface area contributed by atoms with Crippen LogP contribution >= 0.6 is 22.9 Å². The van der Waals surface area contributed by atoms with Gasteiger partial charge in [-0.2, -0.15) is 0 Å². The van der Waals surface area contributed by atoms with Crippen molar-refractivity contribution in [2.75, 3.05) is 11.9 Å². The molecule has 0 unspecified atom stereocenters. The van der Waals surface area contributed by atoms with Crippen LogP contribution in [-0.4, -0.2) is 18.5 Å². The molecule has 1 aliphatic rings. The predicted molar refractivity (Wildman–Crippen MR) is 91.4 cm³/mol. The third-order valence-electron chi connectivity index (χ3n) is 3.68. The van der Waals surface area contributed by atoms with Gasteiger partial charge in [0, 0.05) is 4.88 Å². The zero-order valence-corrected chi connectivity index (χ0v) is 14.2. The van der Waals surface area contributed by atoms with Crippen molar-refractivity contribution < 1.29 is 14.3 Å². The van der Waals surface area contributed by atoms with Crippen molar-refractivity contribution in [3.63, 3.8) is 0 Å². The van der Waals surface area contributed by atoms with Gasteiger partial charge in [0.25, 0.3) is 5.91 Å². The fourth-order valence-electron chi connectivity index (χ4n) is 2.54. The molecule has 1 aliphatic carbocycles. The summed E-state index contributed by atoms with van der Waals surface area (Å²) in [5.41, 5.74) is 2.75. The lowest BCUT2D eigenvalue weighted by molar-refractivity contribution is -0.119. The lowest BCUT2D eigenvalue weighted by Crippen LogP contribution is -2.20. The minimum absolute atomic E-state index is 0.328. The molecule has 4 nitrogen and oxygen atoms in total. The number of thiophene rings is 1. The molecule has 0 spiro atoms. The predicted octanol–water partition coefficient (Wildman–Crippen LogP) is 3.99. The number of amides is 1. The van der Waals surface area contributed by atoms with E-state index in [1.807, 2.05) is 19.1 Å². The topological polar surface area (TPSA) is 55.4 Å². The first kappa shape index (κ1) is 16.0. The largest absolute Gasteiger partial charge is 0.451 e. The van der Waals surface area contributed by atoms with Gasteiger partial charge in [0.1, 0.15) is 4.88 Å². The van der Waals surface area contributed by atoms with E-state index in [-0.39, 0.29) is 6.61 Å². The number of ether oxygens (including phenoxy) is 1. The van der Waals surface area contributed by atoms with Crippen LogP contribution in [0.3, 0.4) is 0 Å². The molecule has 0 fully saturated rings. The number of anilines is 1. The molecular weight excluding hydrogens is 334 g/mol. The van der Waals surface area contributed by atoms with E-state index in [9.17, 15) is 9.59 Å². The molecule has 120 valence electrons. The van der Waals surface area contributed by atoms with Crippen molar-refractivity contribution in [3.05, 3.63) is 50.2 Å². The molecule has 0 aliphatic heterocycles. The number of halogens is 1. The van der Waals surface area contributed by atoms with Gasteiger partial charge in [-0.15, -0.1) is 11.3 Å². The molecule has 0 saturated carbocycles. The molecule has 0 bridgehead atoms. The number of hydrogen-bond donors (Lipinski definition) is 1. The summed E-state index contributed by atoms with van der Waals surface area (Å²) in [6.07, 6.45) is 3.20. The Labute approximate surface area is 143 Å². The van der Waals surface area contributed by atoms with Crippen molar-refractivity contribution in [3.8, 4) is 0 Å². The van der Waals surface area contributed by atoms with Gasteiger partial charge in [-0.3, -0.25) is 4.79 Å². The quantitative estimate of drug-likeness (QED) is 0.849. The Hall–Kier alpha value is -1.85. The Balaban J connectivity index is 1.54. The number of nitrogens with one attached hydrogen (secondary N) is 1. The number of aryl methyl sites for hydroxylation is 3. The van der Waals surface area contributed by atoms with Gasteiger partial charge in [0.2, 0.25) is 0 Å². The molecule has 1 aromatic carbocycles. The third-order valence-corrected chi connectivity index (χ3v) is 5.21. The van der Waals surface area contributed by atoms with E-state index in [1.54, 1.807) is 12.1 Å². The minimum atomic E-state index is -0.449.